The minimum Gasteiger partial charge on any atom is -0.480 e. The van der Waals surface area contributed by atoms with E-state index in [0.29, 0.717) is 18.6 Å². The summed E-state index contributed by atoms with van der Waals surface area (Å²) < 4.78 is 4.91. The number of amides is 1. The zero-order chi connectivity index (χ0) is 13.7. The quantitative estimate of drug-likeness (QED) is 0.801. The first kappa shape index (κ1) is 14.2. The Balaban J connectivity index is 2.75. The van der Waals surface area contributed by atoms with E-state index in [4.69, 9.17) is 9.63 Å². The first-order valence-electron chi connectivity index (χ1n) is 5.98. The molecule has 1 rings (SSSR count). The fourth-order valence-corrected chi connectivity index (χ4v) is 1.48. The SMILES string of the molecule is CCc1cc(C(=O)N[C@H](C(=O)O)[C@@H](C)CC)no1. The summed E-state index contributed by atoms with van der Waals surface area (Å²) in [4.78, 5) is 22.9. The van der Waals surface area contributed by atoms with E-state index in [1.807, 2.05) is 13.8 Å². The van der Waals surface area contributed by atoms with Gasteiger partial charge in [-0.3, -0.25) is 4.79 Å². The van der Waals surface area contributed by atoms with Crippen molar-refractivity contribution >= 4 is 11.9 Å². The highest BCUT2D eigenvalue weighted by Crippen LogP contribution is 2.10. The fraction of sp³-hybridized carbons (Fsp3) is 0.583. The number of carboxylic acid groups (broad SMARTS) is 1. The van der Waals surface area contributed by atoms with Crippen LogP contribution in [0, 0.1) is 5.92 Å². The highest BCUT2D eigenvalue weighted by molar-refractivity contribution is 5.94. The topological polar surface area (TPSA) is 92.4 Å². The monoisotopic (exact) mass is 254 g/mol. The van der Waals surface area contributed by atoms with Gasteiger partial charge in [-0.15, -0.1) is 0 Å². The molecule has 100 valence electrons. The number of hydrogen-bond donors (Lipinski definition) is 2. The third-order valence-corrected chi connectivity index (χ3v) is 2.91. The lowest BCUT2D eigenvalue weighted by molar-refractivity contribution is -0.140. The number of rotatable bonds is 6. The van der Waals surface area contributed by atoms with Gasteiger partial charge in [-0.25, -0.2) is 4.79 Å². The molecule has 0 radical (unpaired) electrons. The van der Waals surface area contributed by atoms with Crippen molar-refractivity contribution in [2.45, 2.75) is 39.7 Å². The van der Waals surface area contributed by atoms with Gasteiger partial charge in [-0.2, -0.15) is 0 Å². The van der Waals surface area contributed by atoms with Crippen LogP contribution in [-0.2, 0) is 11.2 Å². The lowest BCUT2D eigenvalue weighted by Crippen LogP contribution is -2.45. The van der Waals surface area contributed by atoms with Crippen molar-refractivity contribution in [3.63, 3.8) is 0 Å². The Hall–Kier alpha value is -1.85. The largest absolute Gasteiger partial charge is 0.480 e. The molecule has 0 aromatic carbocycles. The molecule has 0 bridgehead atoms. The lowest BCUT2D eigenvalue weighted by Gasteiger charge is -2.19. The van der Waals surface area contributed by atoms with Crippen LogP contribution in [0.2, 0.25) is 0 Å². The van der Waals surface area contributed by atoms with Crippen molar-refractivity contribution in [1.29, 1.82) is 0 Å². The maximum absolute atomic E-state index is 11.8. The second kappa shape index (κ2) is 6.18. The van der Waals surface area contributed by atoms with Crippen LogP contribution in [0.3, 0.4) is 0 Å². The number of aromatic nitrogens is 1. The third-order valence-electron chi connectivity index (χ3n) is 2.91. The molecule has 0 fully saturated rings. The summed E-state index contributed by atoms with van der Waals surface area (Å²) in [6, 6.07) is 0.606. The van der Waals surface area contributed by atoms with Crippen molar-refractivity contribution in [2.75, 3.05) is 0 Å². The highest BCUT2D eigenvalue weighted by Gasteiger charge is 2.26. The fourth-order valence-electron chi connectivity index (χ4n) is 1.48. The van der Waals surface area contributed by atoms with Gasteiger partial charge in [0.1, 0.15) is 11.8 Å². The molecular formula is C12H18N2O4. The second-order valence-corrected chi connectivity index (χ2v) is 4.21. The minimum atomic E-state index is -1.04. The number of carboxylic acids is 1. The van der Waals surface area contributed by atoms with E-state index in [1.54, 1.807) is 6.92 Å². The standard InChI is InChI=1S/C12H18N2O4/c1-4-7(3)10(12(16)17)13-11(15)9-6-8(5-2)18-14-9/h6-7,10H,4-5H2,1-3H3,(H,13,15)(H,16,17)/t7-,10-/m0/s1. The number of aliphatic carboxylic acids is 1. The lowest BCUT2D eigenvalue weighted by atomic mass is 9.99. The van der Waals surface area contributed by atoms with Crippen molar-refractivity contribution < 1.29 is 19.2 Å². The summed E-state index contributed by atoms with van der Waals surface area (Å²) in [7, 11) is 0. The number of carbonyl (C=O) groups excluding carboxylic acids is 1. The normalized spacial score (nSPS) is 13.9. The number of nitrogens with zero attached hydrogens (tertiary/aromatic N) is 1. The van der Waals surface area contributed by atoms with Gasteiger partial charge in [0.25, 0.3) is 5.91 Å². The molecule has 2 N–H and O–H groups in total. The van der Waals surface area contributed by atoms with E-state index in [2.05, 4.69) is 10.5 Å². The Morgan fingerprint density at radius 1 is 1.50 bits per heavy atom. The molecule has 2 atom stereocenters. The Morgan fingerprint density at radius 2 is 2.17 bits per heavy atom. The van der Waals surface area contributed by atoms with E-state index in [0.717, 1.165) is 0 Å². The molecule has 1 amide bonds. The van der Waals surface area contributed by atoms with Crippen LogP contribution in [-0.4, -0.2) is 28.2 Å². The molecule has 18 heavy (non-hydrogen) atoms. The average molecular weight is 254 g/mol. The van der Waals surface area contributed by atoms with Crippen LogP contribution in [0.15, 0.2) is 10.6 Å². The summed E-state index contributed by atoms with van der Waals surface area (Å²) in [5.74, 6) is -1.12. The molecule has 0 unspecified atom stereocenters. The van der Waals surface area contributed by atoms with Gasteiger partial charge in [0.05, 0.1) is 0 Å². The smallest absolute Gasteiger partial charge is 0.326 e. The Bertz CT molecular complexity index is 427. The third kappa shape index (κ3) is 3.32. The van der Waals surface area contributed by atoms with E-state index in [-0.39, 0.29) is 11.6 Å². The van der Waals surface area contributed by atoms with Crippen LogP contribution >= 0.6 is 0 Å². The zero-order valence-electron chi connectivity index (χ0n) is 10.8. The minimum absolute atomic E-state index is 0.112. The number of nitrogens with one attached hydrogen (secondary N) is 1. The van der Waals surface area contributed by atoms with Gasteiger partial charge in [0.15, 0.2) is 5.69 Å². The predicted molar refractivity (Wildman–Crippen MR) is 64.2 cm³/mol. The zero-order valence-corrected chi connectivity index (χ0v) is 10.8. The van der Waals surface area contributed by atoms with Gasteiger partial charge in [-0.1, -0.05) is 32.3 Å². The van der Waals surface area contributed by atoms with Crippen LogP contribution in [0.25, 0.3) is 0 Å². The summed E-state index contributed by atoms with van der Waals surface area (Å²) in [6.07, 6.45) is 1.30. The van der Waals surface area contributed by atoms with Gasteiger partial charge in [0, 0.05) is 12.5 Å². The van der Waals surface area contributed by atoms with Crippen LogP contribution in [0.1, 0.15) is 43.4 Å². The molecule has 1 aromatic heterocycles. The predicted octanol–water partition coefficient (Wildman–Crippen LogP) is 1.47. The summed E-state index contributed by atoms with van der Waals surface area (Å²) in [5.41, 5.74) is 0.112. The molecule has 0 aliphatic heterocycles. The molecule has 6 heteroatoms. The molecule has 0 saturated heterocycles. The van der Waals surface area contributed by atoms with E-state index < -0.39 is 17.9 Å². The molecule has 1 heterocycles. The van der Waals surface area contributed by atoms with Crippen molar-refractivity contribution in [1.82, 2.24) is 10.5 Å². The molecule has 0 aliphatic carbocycles. The molecular weight excluding hydrogens is 236 g/mol. The van der Waals surface area contributed by atoms with Crippen LogP contribution < -0.4 is 5.32 Å². The summed E-state index contributed by atoms with van der Waals surface area (Å²) in [6.45, 7) is 5.53. The maximum atomic E-state index is 11.8. The summed E-state index contributed by atoms with van der Waals surface area (Å²) in [5, 5.41) is 15.1. The van der Waals surface area contributed by atoms with Crippen molar-refractivity contribution in [3.8, 4) is 0 Å². The Morgan fingerprint density at radius 3 is 2.61 bits per heavy atom. The first-order chi connectivity index (χ1) is 8.49. The highest BCUT2D eigenvalue weighted by atomic mass is 16.5. The average Bonchev–Trinajstić information content (AvgIpc) is 2.83. The Kier molecular flexibility index (Phi) is 4.88. The van der Waals surface area contributed by atoms with Gasteiger partial charge in [-0.05, 0) is 5.92 Å². The maximum Gasteiger partial charge on any atom is 0.326 e. The summed E-state index contributed by atoms with van der Waals surface area (Å²) >= 11 is 0. The molecule has 1 aromatic rings. The van der Waals surface area contributed by atoms with E-state index in [1.165, 1.54) is 6.07 Å². The molecule has 0 saturated carbocycles. The number of aryl methyl sites for hydroxylation is 1. The van der Waals surface area contributed by atoms with Crippen LogP contribution in [0.5, 0.6) is 0 Å². The van der Waals surface area contributed by atoms with E-state index >= 15 is 0 Å². The molecule has 6 nitrogen and oxygen atoms in total. The molecule has 0 aliphatic rings. The van der Waals surface area contributed by atoms with E-state index in [9.17, 15) is 9.59 Å². The Labute approximate surface area is 105 Å². The number of carbonyl (C=O) groups is 2. The second-order valence-electron chi connectivity index (χ2n) is 4.21. The van der Waals surface area contributed by atoms with Gasteiger partial charge >= 0.3 is 5.97 Å². The van der Waals surface area contributed by atoms with Crippen molar-refractivity contribution in [3.05, 3.63) is 17.5 Å². The van der Waals surface area contributed by atoms with Gasteiger partial charge < -0.3 is 14.9 Å². The van der Waals surface area contributed by atoms with Crippen LogP contribution in [0.4, 0.5) is 0 Å². The van der Waals surface area contributed by atoms with Gasteiger partial charge in [0.2, 0.25) is 0 Å². The number of hydrogen-bond acceptors (Lipinski definition) is 4. The first-order valence-corrected chi connectivity index (χ1v) is 5.98. The van der Waals surface area contributed by atoms with Crippen molar-refractivity contribution in [2.24, 2.45) is 5.92 Å². The molecule has 0 spiro atoms.